The van der Waals surface area contributed by atoms with E-state index in [1.807, 2.05) is 6.92 Å². The van der Waals surface area contributed by atoms with E-state index in [2.05, 4.69) is 21.1 Å². The SMILES string of the molecule is CCc1nc(CN2CCC(C#N)CC2)no1. The molecule has 1 fully saturated rings. The first-order valence-corrected chi connectivity index (χ1v) is 5.75. The van der Waals surface area contributed by atoms with Crippen molar-refractivity contribution >= 4 is 0 Å². The summed E-state index contributed by atoms with van der Waals surface area (Å²) in [6.45, 7) is 4.64. The Labute approximate surface area is 95.0 Å². The third kappa shape index (κ3) is 2.58. The van der Waals surface area contributed by atoms with Gasteiger partial charge in [0.25, 0.3) is 0 Å². The van der Waals surface area contributed by atoms with Gasteiger partial charge in [-0.1, -0.05) is 12.1 Å². The van der Waals surface area contributed by atoms with Crippen LogP contribution < -0.4 is 0 Å². The van der Waals surface area contributed by atoms with Crippen LogP contribution in [0.3, 0.4) is 0 Å². The lowest BCUT2D eigenvalue weighted by atomic mass is 9.99. The van der Waals surface area contributed by atoms with E-state index in [0.29, 0.717) is 5.89 Å². The fraction of sp³-hybridized carbons (Fsp3) is 0.727. The summed E-state index contributed by atoms with van der Waals surface area (Å²) >= 11 is 0. The minimum atomic E-state index is 0.229. The van der Waals surface area contributed by atoms with E-state index in [4.69, 9.17) is 9.78 Å². The van der Waals surface area contributed by atoms with Gasteiger partial charge in [0.2, 0.25) is 5.89 Å². The molecule has 1 aromatic heterocycles. The number of nitriles is 1. The first-order chi connectivity index (χ1) is 7.81. The molecule has 1 aliphatic heterocycles. The molecule has 0 atom stereocenters. The molecule has 0 spiro atoms. The van der Waals surface area contributed by atoms with Crippen molar-refractivity contribution in [3.63, 3.8) is 0 Å². The van der Waals surface area contributed by atoms with Crippen LogP contribution in [-0.2, 0) is 13.0 Å². The topological polar surface area (TPSA) is 66.0 Å². The van der Waals surface area contributed by atoms with E-state index in [9.17, 15) is 0 Å². The van der Waals surface area contributed by atoms with Crippen LogP contribution in [0.25, 0.3) is 0 Å². The highest BCUT2D eigenvalue weighted by Crippen LogP contribution is 2.17. The third-order valence-electron chi connectivity index (χ3n) is 2.95. The zero-order valence-electron chi connectivity index (χ0n) is 9.52. The van der Waals surface area contributed by atoms with Gasteiger partial charge >= 0.3 is 0 Å². The van der Waals surface area contributed by atoms with Crippen molar-refractivity contribution in [2.45, 2.75) is 32.7 Å². The lowest BCUT2D eigenvalue weighted by Gasteiger charge is -2.27. The Morgan fingerprint density at radius 2 is 2.25 bits per heavy atom. The third-order valence-corrected chi connectivity index (χ3v) is 2.95. The molecule has 0 bridgehead atoms. The van der Waals surface area contributed by atoms with Crippen LogP contribution in [0.4, 0.5) is 0 Å². The van der Waals surface area contributed by atoms with Gasteiger partial charge in [0.1, 0.15) is 0 Å². The molecule has 0 amide bonds. The molecule has 1 saturated heterocycles. The van der Waals surface area contributed by atoms with Gasteiger partial charge < -0.3 is 4.52 Å². The zero-order valence-corrected chi connectivity index (χ0v) is 9.52. The number of aromatic nitrogens is 2. The summed E-state index contributed by atoms with van der Waals surface area (Å²) < 4.78 is 5.06. The van der Waals surface area contributed by atoms with Crippen molar-refractivity contribution in [1.29, 1.82) is 5.26 Å². The summed E-state index contributed by atoms with van der Waals surface area (Å²) in [6, 6.07) is 2.33. The fourth-order valence-corrected chi connectivity index (χ4v) is 1.92. The molecule has 86 valence electrons. The van der Waals surface area contributed by atoms with Crippen LogP contribution >= 0.6 is 0 Å². The predicted molar refractivity (Wildman–Crippen MR) is 57.3 cm³/mol. The molecule has 0 N–H and O–H groups in total. The van der Waals surface area contributed by atoms with E-state index in [1.165, 1.54) is 0 Å². The maximum atomic E-state index is 8.79. The molecule has 16 heavy (non-hydrogen) atoms. The second-order valence-corrected chi connectivity index (χ2v) is 4.14. The number of aryl methyl sites for hydroxylation is 1. The molecule has 2 rings (SSSR count). The normalized spacial score (nSPS) is 18.5. The zero-order chi connectivity index (χ0) is 11.4. The van der Waals surface area contributed by atoms with Crippen LogP contribution in [0, 0.1) is 17.2 Å². The molecule has 5 nitrogen and oxygen atoms in total. The Kier molecular flexibility index (Phi) is 3.52. The molecule has 0 aliphatic carbocycles. The van der Waals surface area contributed by atoms with Gasteiger partial charge in [-0.05, 0) is 25.9 Å². The van der Waals surface area contributed by atoms with Crippen molar-refractivity contribution in [1.82, 2.24) is 15.0 Å². The van der Waals surface area contributed by atoms with Crippen molar-refractivity contribution in [3.8, 4) is 6.07 Å². The number of likely N-dealkylation sites (tertiary alicyclic amines) is 1. The maximum absolute atomic E-state index is 8.79. The average molecular weight is 220 g/mol. The smallest absolute Gasteiger partial charge is 0.226 e. The summed E-state index contributed by atoms with van der Waals surface area (Å²) in [6.07, 6.45) is 2.69. The van der Waals surface area contributed by atoms with E-state index < -0.39 is 0 Å². The summed E-state index contributed by atoms with van der Waals surface area (Å²) in [5.41, 5.74) is 0. The van der Waals surface area contributed by atoms with Gasteiger partial charge in [-0.2, -0.15) is 10.2 Å². The first-order valence-electron chi connectivity index (χ1n) is 5.75. The van der Waals surface area contributed by atoms with Gasteiger partial charge in [0.05, 0.1) is 12.6 Å². The van der Waals surface area contributed by atoms with Gasteiger partial charge in [0.15, 0.2) is 5.82 Å². The predicted octanol–water partition coefficient (Wildman–Crippen LogP) is 1.37. The molecule has 1 aliphatic rings. The van der Waals surface area contributed by atoms with Gasteiger partial charge in [-0.15, -0.1) is 0 Å². The van der Waals surface area contributed by atoms with Crippen LogP contribution in [0.5, 0.6) is 0 Å². The molecule has 1 aromatic rings. The Morgan fingerprint density at radius 1 is 1.50 bits per heavy atom. The number of piperidine rings is 1. The molecule has 0 saturated carbocycles. The largest absolute Gasteiger partial charge is 0.339 e. The van der Waals surface area contributed by atoms with Crippen molar-refractivity contribution in [2.75, 3.05) is 13.1 Å². The Hall–Kier alpha value is -1.41. The van der Waals surface area contributed by atoms with Crippen molar-refractivity contribution in [2.24, 2.45) is 5.92 Å². The Balaban J connectivity index is 1.85. The summed E-state index contributed by atoms with van der Waals surface area (Å²) in [7, 11) is 0. The number of hydrogen-bond donors (Lipinski definition) is 0. The van der Waals surface area contributed by atoms with Crippen LogP contribution in [0.15, 0.2) is 4.52 Å². The summed E-state index contributed by atoms with van der Waals surface area (Å²) in [5.74, 6) is 1.68. The first kappa shape index (κ1) is 11.1. The highest BCUT2D eigenvalue weighted by molar-refractivity contribution is 4.90. The maximum Gasteiger partial charge on any atom is 0.226 e. The number of nitrogens with zero attached hydrogens (tertiary/aromatic N) is 4. The lowest BCUT2D eigenvalue weighted by Crippen LogP contribution is -2.33. The van der Waals surface area contributed by atoms with Crippen molar-refractivity contribution < 1.29 is 4.52 Å². The molecule has 0 aromatic carbocycles. The fourth-order valence-electron chi connectivity index (χ4n) is 1.92. The second kappa shape index (κ2) is 5.08. The Bertz CT molecular complexity index is 374. The van der Waals surface area contributed by atoms with Gasteiger partial charge in [-0.3, -0.25) is 4.90 Å². The molecular weight excluding hydrogens is 204 g/mol. The van der Waals surface area contributed by atoms with E-state index in [1.54, 1.807) is 0 Å². The van der Waals surface area contributed by atoms with Crippen LogP contribution in [0.2, 0.25) is 0 Å². The highest BCUT2D eigenvalue weighted by Gasteiger charge is 2.20. The van der Waals surface area contributed by atoms with Crippen molar-refractivity contribution in [3.05, 3.63) is 11.7 Å². The minimum Gasteiger partial charge on any atom is -0.339 e. The molecular formula is C11H16N4O. The van der Waals surface area contributed by atoms with Crippen LogP contribution in [0.1, 0.15) is 31.5 Å². The van der Waals surface area contributed by atoms with E-state index >= 15 is 0 Å². The summed E-state index contributed by atoms with van der Waals surface area (Å²) in [5, 5.41) is 12.7. The lowest BCUT2D eigenvalue weighted by molar-refractivity contribution is 0.191. The standard InChI is InChI=1S/C11H16N4O/c1-2-11-13-10(14-16-11)8-15-5-3-9(7-12)4-6-15/h9H,2-6,8H2,1H3. The second-order valence-electron chi connectivity index (χ2n) is 4.14. The van der Waals surface area contributed by atoms with Gasteiger partial charge in [0, 0.05) is 12.3 Å². The molecule has 0 unspecified atom stereocenters. The number of rotatable bonds is 3. The molecule has 5 heteroatoms. The molecule has 0 radical (unpaired) electrons. The Morgan fingerprint density at radius 3 is 2.81 bits per heavy atom. The molecule has 2 heterocycles. The van der Waals surface area contributed by atoms with Gasteiger partial charge in [-0.25, -0.2) is 0 Å². The average Bonchev–Trinajstić information content (AvgIpc) is 2.78. The monoisotopic (exact) mass is 220 g/mol. The highest BCUT2D eigenvalue weighted by atomic mass is 16.5. The van der Waals surface area contributed by atoms with E-state index in [0.717, 1.165) is 44.7 Å². The quantitative estimate of drug-likeness (QED) is 0.769. The minimum absolute atomic E-state index is 0.229. The van der Waals surface area contributed by atoms with Crippen LogP contribution in [-0.4, -0.2) is 28.1 Å². The van der Waals surface area contributed by atoms with E-state index in [-0.39, 0.29) is 5.92 Å². The summed E-state index contributed by atoms with van der Waals surface area (Å²) in [4.78, 5) is 6.55. The number of hydrogen-bond acceptors (Lipinski definition) is 5.